The minimum atomic E-state index is -3.69. The quantitative estimate of drug-likeness (QED) is 0.647. The van der Waals surface area contributed by atoms with Crippen molar-refractivity contribution >= 4 is 16.0 Å². The van der Waals surface area contributed by atoms with E-state index in [4.69, 9.17) is 4.74 Å². The van der Waals surface area contributed by atoms with Gasteiger partial charge in [0, 0.05) is 6.54 Å². The molecule has 0 amide bonds. The average molecular weight is 341 g/mol. The largest absolute Gasteiger partial charge is 0.465 e. The van der Waals surface area contributed by atoms with Crippen molar-refractivity contribution in [2.24, 2.45) is 0 Å². The van der Waals surface area contributed by atoms with Gasteiger partial charge in [0.05, 0.1) is 11.5 Å². The smallest absolute Gasteiger partial charge is 0.321 e. The minimum Gasteiger partial charge on any atom is -0.465 e. The van der Waals surface area contributed by atoms with E-state index in [1.54, 1.807) is 19.1 Å². The van der Waals surface area contributed by atoms with Gasteiger partial charge in [-0.15, -0.1) is 0 Å². The van der Waals surface area contributed by atoms with Crippen LogP contribution in [0.25, 0.3) is 0 Å². The summed E-state index contributed by atoms with van der Waals surface area (Å²) in [5, 5.41) is 0. The van der Waals surface area contributed by atoms with Gasteiger partial charge in [0.2, 0.25) is 10.0 Å². The highest BCUT2D eigenvalue weighted by molar-refractivity contribution is 7.89. The number of rotatable bonds is 9. The number of carbonyl (C=O) groups is 1. The molecule has 0 aliphatic carbocycles. The maximum absolute atomic E-state index is 12.7. The standard InChI is InChI=1S/C17H27NO4S/c1-5-12-18(13-17(19)22-7-3)23(20,21)16-10-8-15(9-11-16)14(4)6-2/h8-11,14H,5-7,12-13H2,1-4H3. The summed E-state index contributed by atoms with van der Waals surface area (Å²) in [7, 11) is -3.69. The van der Waals surface area contributed by atoms with Crippen molar-refractivity contribution in [3.63, 3.8) is 0 Å². The molecule has 130 valence electrons. The first-order valence-electron chi connectivity index (χ1n) is 8.12. The molecule has 0 bridgehead atoms. The summed E-state index contributed by atoms with van der Waals surface area (Å²) in [6.45, 7) is 8.04. The van der Waals surface area contributed by atoms with Gasteiger partial charge >= 0.3 is 5.97 Å². The lowest BCUT2D eigenvalue weighted by molar-refractivity contribution is -0.143. The van der Waals surface area contributed by atoms with Crippen LogP contribution in [0.5, 0.6) is 0 Å². The normalized spacial score (nSPS) is 13.1. The first-order valence-corrected chi connectivity index (χ1v) is 9.56. The fourth-order valence-corrected chi connectivity index (χ4v) is 3.71. The van der Waals surface area contributed by atoms with Crippen molar-refractivity contribution in [2.45, 2.75) is 51.3 Å². The van der Waals surface area contributed by atoms with E-state index in [1.165, 1.54) is 4.31 Å². The van der Waals surface area contributed by atoms with Crippen molar-refractivity contribution < 1.29 is 17.9 Å². The molecule has 1 unspecified atom stereocenters. The van der Waals surface area contributed by atoms with E-state index in [9.17, 15) is 13.2 Å². The van der Waals surface area contributed by atoms with E-state index in [-0.39, 0.29) is 24.6 Å². The zero-order valence-corrected chi connectivity index (χ0v) is 15.2. The van der Waals surface area contributed by atoms with Gasteiger partial charge in [0.25, 0.3) is 0 Å². The topological polar surface area (TPSA) is 63.7 Å². The molecule has 6 heteroatoms. The molecule has 0 saturated heterocycles. The molecule has 0 radical (unpaired) electrons. The molecule has 0 aliphatic rings. The number of benzene rings is 1. The average Bonchev–Trinajstić information content (AvgIpc) is 2.54. The highest BCUT2D eigenvalue weighted by Gasteiger charge is 2.26. The van der Waals surface area contributed by atoms with E-state index < -0.39 is 16.0 Å². The molecule has 1 aromatic carbocycles. The highest BCUT2D eigenvalue weighted by atomic mass is 32.2. The Hall–Kier alpha value is -1.40. The Morgan fingerprint density at radius 2 is 1.78 bits per heavy atom. The van der Waals surface area contributed by atoms with Gasteiger partial charge in [0.15, 0.2) is 0 Å². The summed E-state index contributed by atoms with van der Waals surface area (Å²) in [4.78, 5) is 11.9. The van der Waals surface area contributed by atoms with Crippen LogP contribution in [-0.4, -0.2) is 38.4 Å². The van der Waals surface area contributed by atoms with Crippen LogP contribution < -0.4 is 0 Å². The molecule has 0 fully saturated rings. The van der Waals surface area contributed by atoms with E-state index in [0.717, 1.165) is 12.0 Å². The first-order chi connectivity index (χ1) is 10.9. The van der Waals surface area contributed by atoms with Crippen LogP contribution in [0.1, 0.15) is 52.0 Å². The lowest BCUT2D eigenvalue weighted by Gasteiger charge is -2.21. The summed E-state index contributed by atoms with van der Waals surface area (Å²) in [5.41, 5.74) is 1.11. The molecule has 0 heterocycles. The van der Waals surface area contributed by atoms with Crippen molar-refractivity contribution in [3.05, 3.63) is 29.8 Å². The molecule has 0 spiro atoms. The Morgan fingerprint density at radius 1 is 1.17 bits per heavy atom. The van der Waals surface area contributed by atoms with Crippen LogP contribution in [0.4, 0.5) is 0 Å². The second kappa shape index (κ2) is 9.03. The molecule has 0 N–H and O–H groups in total. The molecule has 0 aliphatic heterocycles. The number of sulfonamides is 1. The third kappa shape index (κ3) is 5.32. The predicted octanol–water partition coefficient (Wildman–Crippen LogP) is 3.16. The van der Waals surface area contributed by atoms with Crippen molar-refractivity contribution in [1.82, 2.24) is 4.31 Å². The summed E-state index contributed by atoms with van der Waals surface area (Å²) in [5.74, 6) is -0.140. The highest BCUT2D eigenvalue weighted by Crippen LogP contribution is 2.22. The van der Waals surface area contributed by atoms with Crippen LogP contribution >= 0.6 is 0 Å². The fraction of sp³-hybridized carbons (Fsp3) is 0.588. The van der Waals surface area contributed by atoms with Crippen LogP contribution in [0.15, 0.2) is 29.2 Å². The molecular formula is C17H27NO4S. The van der Waals surface area contributed by atoms with Crippen molar-refractivity contribution in [3.8, 4) is 0 Å². The lowest BCUT2D eigenvalue weighted by Crippen LogP contribution is -2.37. The Morgan fingerprint density at radius 3 is 2.26 bits per heavy atom. The fourth-order valence-electron chi connectivity index (χ4n) is 2.24. The molecule has 0 aromatic heterocycles. The number of hydrogen-bond donors (Lipinski definition) is 0. The van der Waals surface area contributed by atoms with Crippen LogP contribution in [0, 0.1) is 0 Å². The maximum atomic E-state index is 12.7. The van der Waals surface area contributed by atoms with Crippen LogP contribution in [0.2, 0.25) is 0 Å². The minimum absolute atomic E-state index is 0.210. The Balaban J connectivity index is 3.02. The second-order valence-corrected chi connectivity index (χ2v) is 7.46. The van der Waals surface area contributed by atoms with Gasteiger partial charge in [-0.2, -0.15) is 4.31 Å². The predicted molar refractivity (Wildman–Crippen MR) is 90.8 cm³/mol. The monoisotopic (exact) mass is 341 g/mol. The molecule has 5 nitrogen and oxygen atoms in total. The lowest BCUT2D eigenvalue weighted by atomic mass is 9.99. The second-order valence-electron chi connectivity index (χ2n) is 5.52. The van der Waals surface area contributed by atoms with Crippen molar-refractivity contribution in [1.29, 1.82) is 0 Å². The number of ether oxygens (including phenoxy) is 1. The van der Waals surface area contributed by atoms with Crippen LogP contribution in [-0.2, 0) is 19.6 Å². The maximum Gasteiger partial charge on any atom is 0.321 e. The Bertz CT molecular complexity index is 596. The van der Waals surface area contributed by atoms with E-state index in [0.29, 0.717) is 12.3 Å². The van der Waals surface area contributed by atoms with E-state index >= 15 is 0 Å². The molecule has 23 heavy (non-hydrogen) atoms. The summed E-state index contributed by atoms with van der Waals surface area (Å²) >= 11 is 0. The Labute approximate surface area is 139 Å². The Kier molecular flexibility index (Phi) is 7.72. The molecular weight excluding hydrogens is 314 g/mol. The van der Waals surface area contributed by atoms with E-state index in [1.807, 2.05) is 19.1 Å². The first kappa shape index (κ1) is 19.6. The summed E-state index contributed by atoms with van der Waals surface area (Å²) in [6.07, 6.45) is 1.63. The number of esters is 1. The number of hydrogen-bond acceptors (Lipinski definition) is 4. The van der Waals surface area contributed by atoms with Gasteiger partial charge < -0.3 is 4.74 Å². The molecule has 1 rings (SSSR count). The molecule has 0 saturated carbocycles. The zero-order chi connectivity index (χ0) is 17.5. The van der Waals surface area contributed by atoms with E-state index in [2.05, 4.69) is 13.8 Å². The molecule has 1 atom stereocenters. The third-order valence-electron chi connectivity index (χ3n) is 3.78. The van der Waals surface area contributed by atoms with Crippen LogP contribution in [0.3, 0.4) is 0 Å². The molecule has 1 aromatic rings. The zero-order valence-electron chi connectivity index (χ0n) is 14.4. The van der Waals surface area contributed by atoms with Crippen molar-refractivity contribution in [2.75, 3.05) is 19.7 Å². The van der Waals surface area contributed by atoms with Gasteiger partial charge in [-0.25, -0.2) is 8.42 Å². The van der Waals surface area contributed by atoms with Gasteiger partial charge in [-0.05, 0) is 43.4 Å². The van der Waals surface area contributed by atoms with Gasteiger partial charge in [-0.1, -0.05) is 32.9 Å². The van der Waals surface area contributed by atoms with Gasteiger partial charge in [0.1, 0.15) is 6.54 Å². The van der Waals surface area contributed by atoms with Gasteiger partial charge in [-0.3, -0.25) is 4.79 Å². The summed E-state index contributed by atoms with van der Waals surface area (Å²) in [6, 6.07) is 6.92. The SMILES string of the molecule is CCCN(CC(=O)OCC)S(=O)(=O)c1ccc(C(C)CC)cc1. The third-order valence-corrected chi connectivity index (χ3v) is 5.64. The summed E-state index contributed by atoms with van der Waals surface area (Å²) < 4.78 is 31.5. The number of nitrogens with zero attached hydrogens (tertiary/aromatic N) is 1. The number of carbonyl (C=O) groups excluding carboxylic acids is 1.